The highest BCUT2D eigenvalue weighted by molar-refractivity contribution is 6.51. The smallest absolute Gasteiger partial charge is 0.166 e. The van der Waals surface area contributed by atoms with Crippen molar-refractivity contribution in [2.75, 3.05) is 4.90 Å². The molecule has 3 unspecified atom stereocenters. The lowest BCUT2D eigenvalue weighted by atomic mass is 9.39. The van der Waals surface area contributed by atoms with Crippen LogP contribution in [-0.2, 0) is 10.8 Å². The molecule has 2 aliphatic heterocycles. The number of aromatic nitrogens is 1. The summed E-state index contributed by atoms with van der Waals surface area (Å²) < 4.78 is 0. The second-order valence-electron chi connectivity index (χ2n) is 18.3. The zero-order chi connectivity index (χ0) is 36.2. The van der Waals surface area contributed by atoms with Crippen molar-refractivity contribution in [2.24, 2.45) is 10.8 Å². The summed E-state index contributed by atoms with van der Waals surface area (Å²) in [6.07, 6.45) is 22.1. The lowest BCUT2D eigenvalue weighted by Gasteiger charge is -2.54. The molecule has 1 aromatic heterocycles. The minimum atomic E-state index is -0.365. The molecule has 1 N–H and O–H groups in total. The number of fused-ring (bicyclic) bond motifs is 11. The predicted molar refractivity (Wildman–Crippen MR) is 221 cm³/mol. The molecular formula is C50H46BN2. The van der Waals surface area contributed by atoms with E-state index in [-0.39, 0.29) is 33.4 Å². The number of para-hydroxylation sites is 1. The van der Waals surface area contributed by atoms with Gasteiger partial charge in [0, 0.05) is 67.7 Å². The van der Waals surface area contributed by atoms with Crippen molar-refractivity contribution in [1.82, 2.24) is 4.98 Å². The molecule has 259 valence electrons. The fourth-order valence-corrected chi connectivity index (χ4v) is 12.1. The number of nitrogens with zero attached hydrogens (tertiary/aromatic N) is 1. The zero-order valence-corrected chi connectivity index (χ0v) is 32.0. The standard InChI is InChI=1S/C50H46BN2/c1-47(2)29-17-16-25-38-40(27-29)53(39-26-15-14-23-36(39)47)41-28-33-30-18-8-11-21-34(30)48(3,4)44(33)50(7,45(41)51-38)37-24-13-10-20-32-42-31-19-9-12-22-35(31)49(5,6)46(42)52-43(32)37/h8-10,12,14-20,22-23,25-26,28,37,45,52H,11,21,27H2,1-7H3. The molecule has 0 spiro atoms. The van der Waals surface area contributed by atoms with Gasteiger partial charge in [0.1, 0.15) is 0 Å². The Hall–Kier alpha value is -4.94. The van der Waals surface area contributed by atoms with Crippen LogP contribution in [0.2, 0.25) is 5.82 Å². The number of nitrogens with one attached hydrogen (secondary N) is 1. The summed E-state index contributed by atoms with van der Waals surface area (Å²) >= 11 is 0. The number of hydrogen-bond donors (Lipinski definition) is 1. The zero-order valence-electron chi connectivity index (χ0n) is 32.0. The summed E-state index contributed by atoms with van der Waals surface area (Å²) in [4.78, 5) is 6.88. The van der Waals surface area contributed by atoms with Crippen LogP contribution in [0.5, 0.6) is 0 Å². The summed E-state index contributed by atoms with van der Waals surface area (Å²) in [5.41, 5.74) is 21.6. The molecule has 0 fully saturated rings. The number of H-pyrrole nitrogens is 1. The number of aromatic amines is 1. The SMILES string of the molecule is CC1(C)C2=C(C=CCC2)C2=C1C(C)(C1C#CC=Cc3c1[nH]c1c3-c3ccccc3C1(C)C)C1[B]C3=C4CC(=CC=C3)C(C)(C)c3ccccc3N4C1=C2. The number of rotatable bonds is 1. The summed E-state index contributed by atoms with van der Waals surface area (Å²) in [5, 5.41) is 0. The van der Waals surface area contributed by atoms with Crippen molar-refractivity contribution < 1.29 is 0 Å². The first-order valence-electron chi connectivity index (χ1n) is 19.7. The average Bonchev–Trinajstić information content (AvgIpc) is 3.48. The van der Waals surface area contributed by atoms with E-state index in [0.717, 1.165) is 19.3 Å². The Bertz CT molecular complexity index is 2570. The van der Waals surface area contributed by atoms with Crippen LogP contribution < -0.4 is 4.90 Å². The first-order valence-corrected chi connectivity index (χ1v) is 19.7. The highest BCUT2D eigenvalue weighted by Gasteiger charge is 2.60. The molecule has 3 aromatic rings. The van der Waals surface area contributed by atoms with Crippen LogP contribution in [0.25, 0.3) is 17.2 Å². The lowest BCUT2D eigenvalue weighted by Crippen LogP contribution is -2.48. The second kappa shape index (κ2) is 10.2. The van der Waals surface area contributed by atoms with Gasteiger partial charge >= 0.3 is 0 Å². The third-order valence-corrected chi connectivity index (χ3v) is 14.7. The van der Waals surface area contributed by atoms with Crippen molar-refractivity contribution in [3.63, 3.8) is 0 Å². The number of hydrogen-bond acceptors (Lipinski definition) is 1. The van der Waals surface area contributed by atoms with Gasteiger partial charge in [0.05, 0.1) is 5.92 Å². The van der Waals surface area contributed by atoms with E-state index in [1.165, 1.54) is 78.5 Å². The van der Waals surface area contributed by atoms with Crippen molar-refractivity contribution >= 4 is 19.0 Å². The summed E-state index contributed by atoms with van der Waals surface area (Å²) in [6, 6.07) is 18.2. The molecular weight excluding hydrogens is 639 g/mol. The molecule has 3 heterocycles. The lowest BCUT2D eigenvalue weighted by molar-refractivity contribution is 0.283. The van der Waals surface area contributed by atoms with Gasteiger partial charge in [-0.25, -0.2) is 0 Å². The number of anilines is 1. The van der Waals surface area contributed by atoms with Crippen LogP contribution in [-0.4, -0.2) is 12.3 Å². The second-order valence-corrected chi connectivity index (χ2v) is 18.3. The average molecular weight is 686 g/mol. The monoisotopic (exact) mass is 685 g/mol. The molecule has 0 saturated heterocycles. The largest absolute Gasteiger partial charge is 0.359 e. The molecule has 3 atom stereocenters. The van der Waals surface area contributed by atoms with Gasteiger partial charge in [-0.2, -0.15) is 0 Å². The molecule has 11 rings (SSSR count). The minimum Gasteiger partial charge on any atom is -0.359 e. The Balaban J connectivity index is 1.21. The third kappa shape index (κ3) is 3.78. The molecule has 1 radical (unpaired) electrons. The van der Waals surface area contributed by atoms with Crippen LogP contribution in [0.3, 0.4) is 0 Å². The van der Waals surface area contributed by atoms with Gasteiger partial charge in [0.15, 0.2) is 7.28 Å². The van der Waals surface area contributed by atoms with Gasteiger partial charge in [0.2, 0.25) is 0 Å². The highest BCUT2D eigenvalue weighted by Crippen LogP contribution is 2.70. The van der Waals surface area contributed by atoms with Crippen LogP contribution in [0.1, 0.15) is 102 Å². The van der Waals surface area contributed by atoms with E-state index in [4.69, 9.17) is 0 Å². The first kappa shape index (κ1) is 31.6. The van der Waals surface area contributed by atoms with E-state index in [9.17, 15) is 0 Å². The summed E-state index contributed by atoms with van der Waals surface area (Å²) in [7, 11) is 2.65. The molecule has 8 aliphatic rings. The molecule has 0 saturated carbocycles. The quantitative estimate of drug-likeness (QED) is 0.200. The van der Waals surface area contributed by atoms with Gasteiger partial charge in [0.25, 0.3) is 0 Å². The van der Waals surface area contributed by atoms with E-state index in [2.05, 4.69) is 175 Å². The fraction of sp³-hybridized carbons (Fsp3) is 0.320. The number of allylic oxidation sites excluding steroid dienone is 14. The third-order valence-electron chi connectivity index (χ3n) is 14.7. The van der Waals surface area contributed by atoms with Gasteiger partial charge < -0.3 is 9.88 Å². The molecule has 6 aliphatic carbocycles. The summed E-state index contributed by atoms with van der Waals surface area (Å²) in [5.74, 6) is 7.61. The van der Waals surface area contributed by atoms with Crippen molar-refractivity contribution in [1.29, 1.82) is 0 Å². The molecule has 2 bridgehead atoms. The van der Waals surface area contributed by atoms with Gasteiger partial charge in [-0.1, -0.05) is 150 Å². The number of benzene rings is 2. The normalized spacial score (nSPS) is 28.1. The maximum Gasteiger partial charge on any atom is 0.166 e. The molecule has 0 amide bonds. The van der Waals surface area contributed by atoms with Gasteiger partial charge in [-0.15, -0.1) is 0 Å². The van der Waals surface area contributed by atoms with E-state index in [1.807, 2.05) is 0 Å². The molecule has 2 aromatic carbocycles. The first-order chi connectivity index (χ1) is 25.4. The molecule has 53 heavy (non-hydrogen) atoms. The van der Waals surface area contributed by atoms with Crippen molar-refractivity contribution in [2.45, 2.75) is 90.3 Å². The van der Waals surface area contributed by atoms with E-state index in [0.29, 0.717) is 0 Å². The maximum atomic E-state index is 4.18. The molecule has 2 nitrogen and oxygen atoms in total. The van der Waals surface area contributed by atoms with Crippen LogP contribution >= 0.6 is 0 Å². The fourth-order valence-electron chi connectivity index (χ4n) is 12.1. The van der Waals surface area contributed by atoms with Gasteiger partial charge in [-0.05, 0) is 76.4 Å². The minimum absolute atomic E-state index is 0.0649. The summed E-state index contributed by atoms with van der Waals surface area (Å²) in [6.45, 7) is 17.2. The van der Waals surface area contributed by atoms with Gasteiger partial charge in [-0.3, -0.25) is 0 Å². The predicted octanol–water partition coefficient (Wildman–Crippen LogP) is 11.7. The van der Waals surface area contributed by atoms with E-state index < -0.39 is 0 Å². The van der Waals surface area contributed by atoms with Crippen LogP contribution in [0.15, 0.2) is 136 Å². The Morgan fingerprint density at radius 2 is 1.64 bits per heavy atom. The van der Waals surface area contributed by atoms with E-state index >= 15 is 0 Å². The highest BCUT2D eigenvalue weighted by atomic mass is 15.2. The maximum absolute atomic E-state index is 4.18. The van der Waals surface area contributed by atoms with Crippen molar-refractivity contribution in [3.05, 3.63) is 164 Å². The van der Waals surface area contributed by atoms with Crippen molar-refractivity contribution in [3.8, 4) is 23.0 Å². The van der Waals surface area contributed by atoms with E-state index in [1.54, 1.807) is 11.1 Å². The Labute approximate surface area is 315 Å². The Morgan fingerprint density at radius 1 is 0.849 bits per heavy atom. The van der Waals surface area contributed by atoms with Crippen LogP contribution in [0.4, 0.5) is 5.69 Å². The Kier molecular flexibility index (Phi) is 6.06. The topological polar surface area (TPSA) is 19.0 Å². The Morgan fingerprint density at radius 3 is 2.49 bits per heavy atom. The molecule has 3 heteroatoms. The van der Waals surface area contributed by atoms with Crippen LogP contribution in [0, 0.1) is 22.7 Å².